The summed E-state index contributed by atoms with van der Waals surface area (Å²) >= 11 is 0. The molecule has 0 unspecified atom stereocenters. The second kappa shape index (κ2) is 9.49. The fourth-order valence-corrected chi connectivity index (χ4v) is 4.28. The highest BCUT2D eigenvalue weighted by Crippen LogP contribution is 2.39. The van der Waals surface area contributed by atoms with Crippen LogP contribution in [0.4, 0.5) is 13.6 Å². The van der Waals surface area contributed by atoms with Crippen LogP contribution in [-0.2, 0) is 16.0 Å². The van der Waals surface area contributed by atoms with Crippen LogP contribution in [0.2, 0.25) is 0 Å². The predicted molar refractivity (Wildman–Crippen MR) is 107 cm³/mol. The van der Waals surface area contributed by atoms with Crippen molar-refractivity contribution in [3.05, 3.63) is 23.8 Å². The minimum atomic E-state index is -2.98. The van der Waals surface area contributed by atoms with Crippen molar-refractivity contribution in [2.45, 2.75) is 50.7 Å². The van der Waals surface area contributed by atoms with E-state index in [1.165, 1.54) is 24.1 Å². The first-order valence-corrected chi connectivity index (χ1v) is 10.3. The number of carbonyl (C=O) groups excluding carboxylic acids is 3. The van der Waals surface area contributed by atoms with Crippen molar-refractivity contribution in [1.82, 2.24) is 15.1 Å². The maximum absolute atomic E-state index is 12.9. The van der Waals surface area contributed by atoms with E-state index in [0.29, 0.717) is 24.8 Å². The average molecular weight is 439 g/mol. The van der Waals surface area contributed by atoms with Gasteiger partial charge in [0.05, 0.1) is 7.11 Å². The average Bonchev–Trinajstić information content (AvgIpc) is 2.90. The van der Waals surface area contributed by atoms with Gasteiger partial charge < -0.3 is 19.7 Å². The summed E-state index contributed by atoms with van der Waals surface area (Å²) < 4.78 is 34.5. The quantitative estimate of drug-likeness (QED) is 0.629. The molecule has 31 heavy (non-hydrogen) atoms. The number of rotatable bonds is 8. The van der Waals surface area contributed by atoms with Gasteiger partial charge in [-0.1, -0.05) is 25.3 Å². The third kappa shape index (κ3) is 4.72. The number of carbonyl (C=O) groups is 3. The molecule has 1 aliphatic carbocycles. The molecule has 0 bridgehead atoms. The lowest BCUT2D eigenvalue weighted by Gasteiger charge is -2.35. The molecule has 0 aromatic heterocycles. The van der Waals surface area contributed by atoms with E-state index in [1.807, 2.05) is 0 Å². The lowest BCUT2D eigenvalue weighted by Crippen LogP contribution is -2.49. The summed E-state index contributed by atoms with van der Waals surface area (Å²) in [4.78, 5) is 40.3. The molecular weight excluding hydrogens is 412 g/mol. The van der Waals surface area contributed by atoms with Crippen LogP contribution in [0.5, 0.6) is 11.5 Å². The molecule has 1 N–H and O–H groups in total. The number of benzene rings is 1. The van der Waals surface area contributed by atoms with Crippen LogP contribution in [-0.4, -0.2) is 67.0 Å². The molecule has 4 amide bonds. The number of halogens is 2. The zero-order valence-electron chi connectivity index (χ0n) is 17.7. The first-order chi connectivity index (χ1) is 14.8. The number of alkyl halides is 2. The van der Waals surface area contributed by atoms with Crippen molar-refractivity contribution >= 4 is 17.8 Å². The summed E-state index contributed by atoms with van der Waals surface area (Å²) in [7, 11) is 2.97. The van der Waals surface area contributed by atoms with Crippen molar-refractivity contribution in [3.63, 3.8) is 0 Å². The van der Waals surface area contributed by atoms with Crippen molar-refractivity contribution < 1.29 is 32.6 Å². The Bertz CT molecular complexity index is 842. The van der Waals surface area contributed by atoms with Crippen LogP contribution < -0.4 is 14.8 Å². The molecule has 1 heterocycles. The lowest BCUT2D eigenvalue weighted by atomic mass is 9.81. The van der Waals surface area contributed by atoms with Gasteiger partial charge in [-0.15, -0.1) is 0 Å². The number of urea groups is 1. The van der Waals surface area contributed by atoms with Gasteiger partial charge in [-0.2, -0.15) is 8.78 Å². The molecule has 1 saturated heterocycles. The van der Waals surface area contributed by atoms with Crippen LogP contribution in [0.3, 0.4) is 0 Å². The first kappa shape index (κ1) is 22.8. The van der Waals surface area contributed by atoms with Crippen molar-refractivity contribution in [3.8, 4) is 11.5 Å². The van der Waals surface area contributed by atoms with Gasteiger partial charge in [-0.05, 0) is 37.0 Å². The molecule has 3 rings (SSSR count). The van der Waals surface area contributed by atoms with Crippen molar-refractivity contribution in [1.29, 1.82) is 0 Å². The first-order valence-electron chi connectivity index (χ1n) is 10.3. The smallest absolute Gasteiger partial charge is 0.387 e. The Balaban J connectivity index is 1.55. The third-order valence-electron chi connectivity index (χ3n) is 5.97. The van der Waals surface area contributed by atoms with Crippen molar-refractivity contribution in [2.24, 2.45) is 0 Å². The number of hydrogen-bond donors (Lipinski definition) is 1. The van der Waals surface area contributed by atoms with Gasteiger partial charge in [-0.25, -0.2) is 4.79 Å². The number of amides is 4. The molecule has 1 aliphatic heterocycles. The van der Waals surface area contributed by atoms with Crippen LogP contribution in [0.15, 0.2) is 18.2 Å². The van der Waals surface area contributed by atoms with Crippen LogP contribution in [0.1, 0.15) is 37.7 Å². The van der Waals surface area contributed by atoms with E-state index >= 15 is 0 Å². The van der Waals surface area contributed by atoms with E-state index in [-0.39, 0.29) is 30.5 Å². The SMILES string of the molecule is COc1ccc(CCNC(=O)CN2C(=O)N(C)C3(CCCCC3)C2=O)cc1OC(F)F. The van der Waals surface area contributed by atoms with E-state index in [4.69, 9.17) is 4.74 Å². The van der Waals surface area contributed by atoms with Crippen LogP contribution in [0, 0.1) is 0 Å². The zero-order valence-corrected chi connectivity index (χ0v) is 17.7. The minimum absolute atomic E-state index is 0.0876. The second-order valence-corrected chi connectivity index (χ2v) is 7.79. The fourth-order valence-electron chi connectivity index (χ4n) is 4.28. The summed E-state index contributed by atoms with van der Waals surface area (Å²) in [6, 6.07) is 4.16. The summed E-state index contributed by atoms with van der Waals surface area (Å²) in [5.41, 5.74) is -0.161. The molecule has 0 radical (unpaired) electrons. The monoisotopic (exact) mass is 439 g/mol. The number of nitrogens with one attached hydrogen (secondary N) is 1. The van der Waals surface area contributed by atoms with E-state index in [0.717, 1.165) is 24.2 Å². The topological polar surface area (TPSA) is 88.2 Å². The standard InChI is InChI=1S/C21H27F2N3O5/c1-25-20(29)26(18(28)21(25)9-4-3-5-10-21)13-17(27)24-11-8-14-6-7-15(30-2)16(12-14)31-19(22)23/h6-7,12,19H,3-5,8-11,13H2,1-2H3,(H,24,27). The van der Waals surface area contributed by atoms with Gasteiger partial charge in [0.2, 0.25) is 5.91 Å². The Morgan fingerprint density at radius 2 is 1.90 bits per heavy atom. The van der Waals surface area contributed by atoms with E-state index in [1.54, 1.807) is 13.1 Å². The zero-order chi connectivity index (χ0) is 22.6. The summed E-state index contributed by atoms with van der Waals surface area (Å²) in [6.07, 6.45) is 4.37. The summed E-state index contributed by atoms with van der Waals surface area (Å²) in [5, 5.41) is 2.67. The fraction of sp³-hybridized carbons (Fsp3) is 0.571. The van der Waals surface area contributed by atoms with Gasteiger partial charge in [-0.3, -0.25) is 14.5 Å². The number of nitrogens with zero attached hydrogens (tertiary/aromatic N) is 2. The summed E-state index contributed by atoms with van der Waals surface area (Å²) in [6.45, 7) is -3.12. The molecule has 1 aromatic carbocycles. The lowest BCUT2D eigenvalue weighted by molar-refractivity contribution is -0.137. The van der Waals surface area contributed by atoms with Gasteiger partial charge in [0.25, 0.3) is 5.91 Å². The molecule has 2 aliphatic rings. The Morgan fingerprint density at radius 1 is 1.19 bits per heavy atom. The van der Waals surface area contributed by atoms with E-state index < -0.39 is 24.1 Å². The van der Waals surface area contributed by atoms with E-state index in [2.05, 4.69) is 10.1 Å². The Kier molecular flexibility index (Phi) is 6.97. The molecule has 2 fully saturated rings. The Labute approximate surface area is 179 Å². The maximum Gasteiger partial charge on any atom is 0.387 e. The molecule has 8 nitrogen and oxygen atoms in total. The largest absolute Gasteiger partial charge is 0.493 e. The molecular formula is C21H27F2N3O5. The highest BCUT2D eigenvalue weighted by atomic mass is 19.3. The number of ether oxygens (including phenoxy) is 2. The Morgan fingerprint density at radius 3 is 2.55 bits per heavy atom. The van der Waals surface area contributed by atoms with Gasteiger partial charge in [0.15, 0.2) is 11.5 Å². The Hall–Kier alpha value is -2.91. The van der Waals surface area contributed by atoms with Crippen LogP contribution >= 0.6 is 0 Å². The molecule has 170 valence electrons. The minimum Gasteiger partial charge on any atom is -0.493 e. The number of likely N-dealkylation sites (N-methyl/N-ethyl adjacent to an activating group) is 1. The third-order valence-corrected chi connectivity index (χ3v) is 5.97. The summed E-state index contributed by atoms with van der Waals surface area (Å²) in [5.74, 6) is -0.672. The van der Waals surface area contributed by atoms with Gasteiger partial charge >= 0.3 is 12.6 Å². The molecule has 1 saturated carbocycles. The molecule has 10 heteroatoms. The maximum atomic E-state index is 12.9. The van der Waals surface area contributed by atoms with Gasteiger partial charge in [0.1, 0.15) is 12.1 Å². The second-order valence-electron chi connectivity index (χ2n) is 7.79. The highest BCUT2D eigenvalue weighted by molar-refractivity contribution is 6.08. The highest BCUT2D eigenvalue weighted by Gasteiger charge is 2.55. The molecule has 1 spiro atoms. The van der Waals surface area contributed by atoms with E-state index in [9.17, 15) is 23.2 Å². The number of methoxy groups -OCH3 is 1. The van der Waals surface area contributed by atoms with Crippen molar-refractivity contribution in [2.75, 3.05) is 27.2 Å². The normalized spacial score (nSPS) is 18.1. The number of hydrogen-bond acceptors (Lipinski definition) is 5. The predicted octanol–water partition coefficient (Wildman–Crippen LogP) is 2.55. The number of imide groups is 1. The van der Waals surface area contributed by atoms with Crippen LogP contribution in [0.25, 0.3) is 0 Å². The molecule has 1 aromatic rings. The molecule has 0 atom stereocenters. The van der Waals surface area contributed by atoms with Gasteiger partial charge in [0, 0.05) is 13.6 Å².